The molecule has 1 N–H and O–H groups in total. The van der Waals surface area contributed by atoms with E-state index in [1.165, 1.54) is 0 Å². The topological polar surface area (TPSA) is 51.0 Å². The lowest BCUT2D eigenvalue weighted by Gasteiger charge is -1.97. The first kappa shape index (κ1) is 11.4. The van der Waals surface area contributed by atoms with Crippen LogP contribution in [0, 0.1) is 0 Å². The van der Waals surface area contributed by atoms with E-state index in [0.29, 0.717) is 28.3 Å². The molecule has 0 amide bonds. The predicted octanol–water partition coefficient (Wildman–Crippen LogP) is 2.76. The summed E-state index contributed by atoms with van der Waals surface area (Å²) < 4.78 is 5.10. The van der Waals surface area contributed by atoms with E-state index in [9.17, 15) is 0 Å². The van der Waals surface area contributed by atoms with Gasteiger partial charge in [-0.05, 0) is 25.2 Å². The molecule has 1 aromatic heterocycles. The second-order valence-corrected chi connectivity index (χ2v) is 3.99. The quantitative estimate of drug-likeness (QED) is 0.919. The molecule has 0 saturated carbocycles. The zero-order valence-corrected chi connectivity index (χ0v) is 10.0. The van der Waals surface area contributed by atoms with Crippen molar-refractivity contribution in [1.82, 2.24) is 15.5 Å². The van der Waals surface area contributed by atoms with Gasteiger partial charge >= 0.3 is 0 Å². The minimum Gasteiger partial charge on any atom is -0.334 e. The van der Waals surface area contributed by atoms with Crippen molar-refractivity contribution in [1.29, 1.82) is 0 Å². The molecule has 0 bridgehead atoms. The van der Waals surface area contributed by atoms with Gasteiger partial charge in [0.1, 0.15) is 0 Å². The van der Waals surface area contributed by atoms with Gasteiger partial charge in [-0.15, -0.1) is 0 Å². The Balaban J connectivity index is 2.31. The minimum atomic E-state index is 0.434. The van der Waals surface area contributed by atoms with Crippen LogP contribution in [0.25, 0.3) is 11.5 Å². The van der Waals surface area contributed by atoms with Gasteiger partial charge in [0, 0.05) is 5.56 Å². The van der Waals surface area contributed by atoms with Crippen LogP contribution in [0.1, 0.15) is 5.82 Å². The summed E-state index contributed by atoms with van der Waals surface area (Å²) >= 11 is 11.7. The molecule has 0 aliphatic rings. The SMILES string of the molecule is CNCc1noc(-c2ccc(Cl)c(Cl)c2)n1. The van der Waals surface area contributed by atoms with E-state index in [-0.39, 0.29) is 0 Å². The van der Waals surface area contributed by atoms with Crippen molar-refractivity contribution in [2.45, 2.75) is 6.54 Å². The van der Waals surface area contributed by atoms with Gasteiger partial charge in [0.25, 0.3) is 5.89 Å². The number of benzene rings is 1. The number of rotatable bonds is 3. The lowest BCUT2D eigenvalue weighted by molar-refractivity contribution is 0.420. The molecule has 0 aliphatic heterocycles. The third-order valence-corrected chi connectivity index (χ3v) is 2.71. The Labute approximate surface area is 103 Å². The van der Waals surface area contributed by atoms with Crippen molar-refractivity contribution in [2.24, 2.45) is 0 Å². The third-order valence-electron chi connectivity index (χ3n) is 1.97. The van der Waals surface area contributed by atoms with E-state index in [1.54, 1.807) is 18.2 Å². The predicted molar refractivity (Wildman–Crippen MR) is 62.5 cm³/mol. The second-order valence-electron chi connectivity index (χ2n) is 3.17. The fourth-order valence-corrected chi connectivity index (χ4v) is 1.53. The van der Waals surface area contributed by atoms with Crippen molar-refractivity contribution in [3.63, 3.8) is 0 Å². The van der Waals surface area contributed by atoms with Crippen LogP contribution in [0.5, 0.6) is 0 Å². The van der Waals surface area contributed by atoms with Gasteiger partial charge in [-0.2, -0.15) is 4.98 Å². The molecule has 6 heteroatoms. The Morgan fingerprint density at radius 1 is 1.31 bits per heavy atom. The summed E-state index contributed by atoms with van der Waals surface area (Å²) in [7, 11) is 1.81. The van der Waals surface area contributed by atoms with Crippen molar-refractivity contribution >= 4 is 23.2 Å². The number of hydrogen-bond acceptors (Lipinski definition) is 4. The first-order valence-corrected chi connectivity index (χ1v) is 5.39. The van der Waals surface area contributed by atoms with Gasteiger partial charge in [0.2, 0.25) is 0 Å². The Bertz CT molecular complexity index is 499. The van der Waals surface area contributed by atoms with Gasteiger partial charge in [-0.25, -0.2) is 0 Å². The molecule has 1 heterocycles. The van der Waals surface area contributed by atoms with E-state index in [2.05, 4.69) is 15.5 Å². The number of halogens is 2. The highest BCUT2D eigenvalue weighted by molar-refractivity contribution is 6.42. The van der Waals surface area contributed by atoms with E-state index >= 15 is 0 Å². The first-order valence-electron chi connectivity index (χ1n) is 4.63. The molecule has 84 valence electrons. The van der Waals surface area contributed by atoms with Gasteiger partial charge in [0.15, 0.2) is 5.82 Å². The van der Waals surface area contributed by atoms with Crippen LogP contribution >= 0.6 is 23.2 Å². The zero-order valence-electron chi connectivity index (χ0n) is 8.50. The average Bonchev–Trinajstić information content (AvgIpc) is 2.71. The average molecular weight is 258 g/mol. The molecule has 0 aliphatic carbocycles. The lowest BCUT2D eigenvalue weighted by Crippen LogP contribution is -2.06. The normalized spacial score (nSPS) is 10.7. The Morgan fingerprint density at radius 2 is 2.12 bits per heavy atom. The molecule has 0 fully saturated rings. The maximum atomic E-state index is 5.90. The van der Waals surface area contributed by atoms with Crippen LogP contribution in [0.4, 0.5) is 0 Å². The summed E-state index contributed by atoms with van der Waals surface area (Å²) in [6.45, 7) is 0.560. The van der Waals surface area contributed by atoms with Crippen molar-refractivity contribution < 1.29 is 4.52 Å². The summed E-state index contributed by atoms with van der Waals surface area (Å²) in [5, 5.41) is 7.71. The molecule has 0 radical (unpaired) electrons. The highest BCUT2D eigenvalue weighted by atomic mass is 35.5. The fourth-order valence-electron chi connectivity index (χ4n) is 1.23. The van der Waals surface area contributed by atoms with Crippen LogP contribution in [-0.4, -0.2) is 17.2 Å². The third kappa shape index (κ3) is 2.35. The van der Waals surface area contributed by atoms with E-state index in [1.807, 2.05) is 7.05 Å². The number of nitrogens with zero attached hydrogens (tertiary/aromatic N) is 2. The van der Waals surface area contributed by atoms with E-state index < -0.39 is 0 Å². The minimum absolute atomic E-state index is 0.434. The van der Waals surface area contributed by atoms with Crippen LogP contribution in [0.15, 0.2) is 22.7 Å². The molecule has 16 heavy (non-hydrogen) atoms. The molecule has 2 rings (SSSR count). The summed E-state index contributed by atoms with van der Waals surface area (Å²) in [5.74, 6) is 1.03. The number of nitrogens with one attached hydrogen (secondary N) is 1. The van der Waals surface area contributed by atoms with Crippen LogP contribution in [0.2, 0.25) is 10.0 Å². The Morgan fingerprint density at radius 3 is 2.81 bits per heavy atom. The number of aromatic nitrogens is 2. The highest BCUT2D eigenvalue weighted by Crippen LogP contribution is 2.27. The van der Waals surface area contributed by atoms with E-state index in [4.69, 9.17) is 27.7 Å². The molecule has 0 atom stereocenters. The zero-order chi connectivity index (χ0) is 11.5. The molecule has 0 spiro atoms. The lowest BCUT2D eigenvalue weighted by atomic mass is 10.2. The molecule has 1 aromatic carbocycles. The van der Waals surface area contributed by atoms with Gasteiger partial charge in [-0.3, -0.25) is 0 Å². The van der Waals surface area contributed by atoms with Crippen molar-refractivity contribution in [2.75, 3.05) is 7.05 Å². The fraction of sp³-hybridized carbons (Fsp3) is 0.200. The summed E-state index contributed by atoms with van der Waals surface area (Å²) in [6.07, 6.45) is 0. The smallest absolute Gasteiger partial charge is 0.258 e. The second kappa shape index (κ2) is 4.82. The summed E-state index contributed by atoms with van der Waals surface area (Å²) in [5.41, 5.74) is 0.754. The first-order chi connectivity index (χ1) is 7.70. The largest absolute Gasteiger partial charge is 0.334 e. The van der Waals surface area contributed by atoms with Gasteiger partial charge in [0.05, 0.1) is 16.6 Å². The van der Waals surface area contributed by atoms with Gasteiger partial charge < -0.3 is 9.84 Å². The Hall–Kier alpha value is -1.10. The van der Waals surface area contributed by atoms with Gasteiger partial charge in [-0.1, -0.05) is 28.4 Å². The van der Waals surface area contributed by atoms with Crippen molar-refractivity contribution in [3.05, 3.63) is 34.1 Å². The molecule has 0 unspecified atom stereocenters. The molecule has 0 saturated heterocycles. The van der Waals surface area contributed by atoms with Crippen LogP contribution in [-0.2, 0) is 6.54 Å². The standard InChI is InChI=1S/C10H9Cl2N3O/c1-13-5-9-14-10(16-15-9)6-2-3-7(11)8(12)4-6/h2-4,13H,5H2,1H3. The van der Waals surface area contributed by atoms with Crippen molar-refractivity contribution in [3.8, 4) is 11.5 Å². The molecule has 4 nitrogen and oxygen atoms in total. The maximum Gasteiger partial charge on any atom is 0.258 e. The molecule has 2 aromatic rings. The van der Waals surface area contributed by atoms with E-state index in [0.717, 1.165) is 5.56 Å². The molecular weight excluding hydrogens is 249 g/mol. The highest BCUT2D eigenvalue weighted by Gasteiger charge is 2.09. The van der Waals surface area contributed by atoms with Crippen LogP contribution < -0.4 is 5.32 Å². The Kier molecular flexibility index (Phi) is 3.43. The molecular formula is C10H9Cl2N3O. The summed E-state index contributed by atoms with van der Waals surface area (Å²) in [6, 6.07) is 5.17. The number of hydrogen-bond donors (Lipinski definition) is 1. The monoisotopic (exact) mass is 257 g/mol. The maximum absolute atomic E-state index is 5.90. The van der Waals surface area contributed by atoms with Crippen LogP contribution in [0.3, 0.4) is 0 Å². The summed E-state index contributed by atoms with van der Waals surface area (Å²) in [4.78, 5) is 4.20.